The highest BCUT2D eigenvalue weighted by Crippen LogP contribution is 2.35. The minimum absolute atomic E-state index is 0.0106. The smallest absolute Gasteiger partial charge is 0.321 e. The van der Waals surface area contributed by atoms with E-state index in [-0.39, 0.29) is 6.03 Å². The van der Waals surface area contributed by atoms with Crippen molar-refractivity contribution in [2.75, 3.05) is 69.7 Å². The van der Waals surface area contributed by atoms with Gasteiger partial charge >= 0.3 is 6.03 Å². The molecule has 2 amide bonds. The largest absolute Gasteiger partial charge is 0.378 e. The molecule has 3 aliphatic heterocycles. The number of hydrogen-bond donors (Lipinski definition) is 1. The Labute approximate surface area is 215 Å². The number of carbonyl (C=O) groups is 1. The van der Waals surface area contributed by atoms with Gasteiger partial charge in [-0.15, -0.1) is 0 Å². The molecule has 1 aromatic heterocycles. The van der Waals surface area contributed by atoms with E-state index in [2.05, 4.69) is 60.3 Å². The third kappa shape index (κ3) is 5.68. The van der Waals surface area contributed by atoms with E-state index in [0.29, 0.717) is 11.8 Å². The minimum atomic E-state index is 0.0106. The highest BCUT2D eigenvalue weighted by molar-refractivity contribution is 5.90. The number of nitrogens with one attached hydrogen (secondary N) is 1. The molecular formula is C29H41N5O2. The Morgan fingerprint density at radius 2 is 1.83 bits per heavy atom. The lowest BCUT2D eigenvalue weighted by molar-refractivity contribution is 0.122. The number of piperidine rings is 1. The molecule has 1 N–H and O–H groups in total. The SMILES string of the molecule is CC[C@@H]1CCN(C(=O)Nc2ccc(C)c(-c3cc(C4CCN(C)CC4)nc(N4CCOCC4)c3)c2)C1. The number of amides is 2. The van der Waals surface area contributed by atoms with Crippen LogP contribution in [0.5, 0.6) is 0 Å². The normalized spacial score (nSPS) is 21.7. The number of morpholine rings is 1. The molecular weight excluding hydrogens is 450 g/mol. The highest BCUT2D eigenvalue weighted by Gasteiger charge is 2.26. The molecule has 5 rings (SSSR count). The molecule has 2 aromatic rings. The molecule has 1 aromatic carbocycles. The number of carbonyl (C=O) groups excluding carboxylic acids is 1. The molecule has 7 nitrogen and oxygen atoms in total. The summed E-state index contributed by atoms with van der Waals surface area (Å²) in [6, 6.07) is 10.8. The summed E-state index contributed by atoms with van der Waals surface area (Å²) in [4.78, 5) is 24.8. The van der Waals surface area contributed by atoms with E-state index in [9.17, 15) is 4.79 Å². The van der Waals surface area contributed by atoms with Crippen LogP contribution >= 0.6 is 0 Å². The predicted molar refractivity (Wildman–Crippen MR) is 146 cm³/mol. The third-order valence-corrected chi connectivity index (χ3v) is 8.25. The number of aryl methyl sites for hydroxylation is 1. The molecule has 3 saturated heterocycles. The van der Waals surface area contributed by atoms with Crippen molar-refractivity contribution in [3.63, 3.8) is 0 Å². The predicted octanol–water partition coefficient (Wildman–Crippen LogP) is 4.97. The standard InChI is InChI=1S/C29H41N5O2/c1-4-22-7-12-34(20-22)29(35)30-25-6-5-21(2)26(19-25)24-17-27(23-8-10-32(3)11-9-23)31-28(18-24)33-13-15-36-16-14-33/h5-6,17-19,22-23H,4,7-16,20H2,1-3H3,(H,30,35)/t22-/m1/s1. The summed E-state index contributed by atoms with van der Waals surface area (Å²) in [5.41, 5.74) is 5.59. The van der Waals surface area contributed by atoms with E-state index in [4.69, 9.17) is 9.72 Å². The van der Waals surface area contributed by atoms with Gasteiger partial charge in [0.05, 0.1) is 13.2 Å². The van der Waals surface area contributed by atoms with Crippen LogP contribution in [0.4, 0.5) is 16.3 Å². The first kappa shape index (κ1) is 25.0. The zero-order valence-corrected chi connectivity index (χ0v) is 22.1. The van der Waals surface area contributed by atoms with Crippen molar-refractivity contribution in [3.8, 4) is 11.1 Å². The first-order valence-electron chi connectivity index (χ1n) is 13.7. The Morgan fingerprint density at radius 3 is 2.56 bits per heavy atom. The summed E-state index contributed by atoms with van der Waals surface area (Å²) in [7, 11) is 2.20. The lowest BCUT2D eigenvalue weighted by Crippen LogP contribution is -2.37. The average molecular weight is 492 g/mol. The number of likely N-dealkylation sites (tertiary alicyclic amines) is 2. The Hall–Kier alpha value is -2.64. The maximum atomic E-state index is 12.9. The second-order valence-electron chi connectivity index (χ2n) is 10.8. The molecule has 194 valence electrons. The summed E-state index contributed by atoms with van der Waals surface area (Å²) in [5, 5.41) is 3.17. The molecule has 0 unspecified atom stereocenters. The number of ether oxygens (including phenoxy) is 1. The topological polar surface area (TPSA) is 60.9 Å². The fourth-order valence-electron chi connectivity index (χ4n) is 5.72. The number of hydrogen-bond acceptors (Lipinski definition) is 5. The van der Waals surface area contributed by atoms with Crippen LogP contribution < -0.4 is 10.2 Å². The Morgan fingerprint density at radius 1 is 1.06 bits per heavy atom. The van der Waals surface area contributed by atoms with Crippen LogP contribution in [0, 0.1) is 12.8 Å². The number of anilines is 2. The summed E-state index contributed by atoms with van der Waals surface area (Å²) >= 11 is 0. The Balaban J connectivity index is 1.43. The van der Waals surface area contributed by atoms with Crippen LogP contribution in [0.15, 0.2) is 30.3 Å². The monoisotopic (exact) mass is 491 g/mol. The first-order chi connectivity index (χ1) is 17.5. The molecule has 0 radical (unpaired) electrons. The van der Waals surface area contributed by atoms with Crippen molar-refractivity contribution < 1.29 is 9.53 Å². The fraction of sp³-hybridized carbons (Fsp3) is 0.586. The fourth-order valence-corrected chi connectivity index (χ4v) is 5.72. The summed E-state index contributed by atoms with van der Waals surface area (Å²) < 4.78 is 5.60. The van der Waals surface area contributed by atoms with Gasteiger partial charge in [0.2, 0.25) is 0 Å². The number of urea groups is 1. The molecule has 0 aliphatic carbocycles. The van der Waals surface area contributed by atoms with E-state index < -0.39 is 0 Å². The van der Waals surface area contributed by atoms with Crippen molar-refractivity contribution in [2.24, 2.45) is 5.92 Å². The third-order valence-electron chi connectivity index (χ3n) is 8.25. The van der Waals surface area contributed by atoms with Gasteiger partial charge in [-0.3, -0.25) is 0 Å². The van der Waals surface area contributed by atoms with Crippen molar-refractivity contribution in [1.29, 1.82) is 0 Å². The van der Waals surface area contributed by atoms with E-state index >= 15 is 0 Å². The van der Waals surface area contributed by atoms with Gasteiger partial charge in [-0.2, -0.15) is 0 Å². The van der Waals surface area contributed by atoms with Gasteiger partial charge in [0.25, 0.3) is 0 Å². The van der Waals surface area contributed by atoms with Crippen molar-refractivity contribution in [2.45, 2.75) is 45.4 Å². The van der Waals surface area contributed by atoms with Crippen LogP contribution in [0.1, 0.15) is 49.8 Å². The second-order valence-corrected chi connectivity index (χ2v) is 10.8. The van der Waals surface area contributed by atoms with Gasteiger partial charge in [0.15, 0.2) is 0 Å². The van der Waals surface area contributed by atoms with Gasteiger partial charge in [-0.25, -0.2) is 9.78 Å². The van der Waals surface area contributed by atoms with Crippen LogP contribution in [-0.2, 0) is 4.74 Å². The van der Waals surface area contributed by atoms with Gasteiger partial charge < -0.3 is 24.8 Å². The zero-order valence-electron chi connectivity index (χ0n) is 22.1. The van der Waals surface area contributed by atoms with E-state index in [0.717, 1.165) is 95.2 Å². The highest BCUT2D eigenvalue weighted by atomic mass is 16.5. The molecule has 4 heterocycles. The molecule has 0 spiro atoms. The maximum Gasteiger partial charge on any atom is 0.321 e. The average Bonchev–Trinajstić information content (AvgIpc) is 3.40. The number of aromatic nitrogens is 1. The Kier molecular flexibility index (Phi) is 7.77. The first-order valence-corrected chi connectivity index (χ1v) is 13.7. The lowest BCUT2D eigenvalue weighted by Gasteiger charge is -2.31. The summed E-state index contributed by atoms with van der Waals surface area (Å²) in [6.45, 7) is 11.5. The van der Waals surface area contributed by atoms with Gasteiger partial charge in [0.1, 0.15) is 5.82 Å². The quantitative estimate of drug-likeness (QED) is 0.640. The Bertz CT molecular complexity index is 1060. The number of nitrogens with zero attached hydrogens (tertiary/aromatic N) is 4. The van der Waals surface area contributed by atoms with E-state index in [1.165, 1.54) is 16.8 Å². The van der Waals surface area contributed by atoms with Gasteiger partial charge in [0, 0.05) is 43.5 Å². The number of rotatable bonds is 5. The molecule has 7 heteroatoms. The molecule has 3 aliphatic rings. The van der Waals surface area contributed by atoms with Crippen LogP contribution in [0.3, 0.4) is 0 Å². The van der Waals surface area contributed by atoms with Gasteiger partial charge in [-0.1, -0.05) is 19.4 Å². The van der Waals surface area contributed by atoms with Crippen molar-refractivity contribution in [3.05, 3.63) is 41.6 Å². The summed E-state index contributed by atoms with van der Waals surface area (Å²) in [5.74, 6) is 2.14. The molecule has 36 heavy (non-hydrogen) atoms. The molecule has 0 saturated carbocycles. The van der Waals surface area contributed by atoms with Crippen LogP contribution in [-0.4, -0.2) is 80.3 Å². The summed E-state index contributed by atoms with van der Waals surface area (Å²) in [6.07, 6.45) is 4.51. The molecule has 1 atom stereocenters. The number of benzene rings is 1. The molecule has 0 bridgehead atoms. The number of pyridine rings is 1. The molecule has 3 fully saturated rings. The second kappa shape index (κ2) is 11.2. The zero-order chi connectivity index (χ0) is 25.1. The van der Waals surface area contributed by atoms with Crippen molar-refractivity contribution >= 4 is 17.5 Å². The van der Waals surface area contributed by atoms with E-state index in [1.54, 1.807) is 0 Å². The van der Waals surface area contributed by atoms with Crippen LogP contribution in [0.25, 0.3) is 11.1 Å². The minimum Gasteiger partial charge on any atom is -0.378 e. The van der Waals surface area contributed by atoms with Gasteiger partial charge in [-0.05, 0) is 93.2 Å². The maximum absolute atomic E-state index is 12.9. The van der Waals surface area contributed by atoms with Crippen LogP contribution in [0.2, 0.25) is 0 Å². The van der Waals surface area contributed by atoms with E-state index in [1.807, 2.05) is 11.0 Å². The lowest BCUT2D eigenvalue weighted by atomic mass is 9.91. The van der Waals surface area contributed by atoms with Crippen molar-refractivity contribution in [1.82, 2.24) is 14.8 Å².